The molecule has 0 unspecified atom stereocenters. The average Bonchev–Trinajstić information content (AvgIpc) is 2.08. The van der Waals surface area contributed by atoms with Gasteiger partial charge in [-0.25, -0.2) is 9.97 Å². The molecule has 0 bridgehead atoms. The second-order valence-corrected chi connectivity index (χ2v) is 3.02. The van der Waals surface area contributed by atoms with E-state index in [0.29, 0.717) is 0 Å². The van der Waals surface area contributed by atoms with E-state index in [1.807, 2.05) is 0 Å². The topological polar surface area (TPSA) is 129 Å². The fourth-order valence-corrected chi connectivity index (χ4v) is 1.14. The Morgan fingerprint density at radius 3 is 2.40 bits per heavy atom. The van der Waals surface area contributed by atoms with Crippen molar-refractivity contribution in [2.24, 2.45) is 0 Å². The Kier molecular flexibility index (Phi) is 2.67. The van der Waals surface area contributed by atoms with Gasteiger partial charge in [-0.1, -0.05) is 0 Å². The van der Waals surface area contributed by atoms with Crippen LogP contribution in [0.15, 0.2) is 4.79 Å². The Morgan fingerprint density at radius 1 is 1.13 bits per heavy atom. The molecule has 0 atom stereocenters. The Morgan fingerprint density at radius 2 is 1.73 bits per heavy atom. The maximum absolute atomic E-state index is 11.4. The van der Waals surface area contributed by atoms with Crippen molar-refractivity contribution in [2.75, 3.05) is 5.73 Å². The Balaban J connectivity index is 0.00000112. The number of nitrogens with zero attached hydrogens (tertiary/aromatic N) is 3. The molecule has 0 amide bonds. The summed E-state index contributed by atoms with van der Waals surface area (Å²) in [5.74, 6) is 0.0556. The third-order valence-corrected chi connectivity index (χ3v) is 1.97. The average molecular weight is 209 g/mol. The molecular formula is C8H11N5O2. The van der Waals surface area contributed by atoms with Crippen molar-refractivity contribution in [1.82, 2.24) is 19.9 Å². The van der Waals surface area contributed by atoms with Crippen LogP contribution in [0.1, 0.15) is 11.4 Å². The first-order valence-electron chi connectivity index (χ1n) is 4.08. The van der Waals surface area contributed by atoms with E-state index in [1.54, 1.807) is 13.8 Å². The molecule has 2 heterocycles. The van der Waals surface area contributed by atoms with Crippen molar-refractivity contribution < 1.29 is 5.48 Å². The lowest BCUT2D eigenvalue weighted by atomic mass is 10.3. The van der Waals surface area contributed by atoms with Crippen LogP contribution in [0.25, 0.3) is 11.2 Å². The van der Waals surface area contributed by atoms with Crippen LogP contribution in [0, 0.1) is 13.8 Å². The highest BCUT2D eigenvalue weighted by molar-refractivity contribution is 5.69. The molecular weight excluding hydrogens is 198 g/mol. The summed E-state index contributed by atoms with van der Waals surface area (Å²) in [4.78, 5) is 25.9. The van der Waals surface area contributed by atoms with E-state index in [2.05, 4.69) is 19.9 Å². The van der Waals surface area contributed by atoms with E-state index in [1.165, 1.54) is 0 Å². The number of rotatable bonds is 0. The van der Waals surface area contributed by atoms with E-state index in [9.17, 15) is 4.79 Å². The third kappa shape index (κ3) is 1.77. The van der Waals surface area contributed by atoms with Gasteiger partial charge >= 0.3 is 0 Å². The van der Waals surface area contributed by atoms with Gasteiger partial charge in [0, 0.05) is 0 Å². The number of fused-ring (bicyclic) bond motifs is 1. The van der Waals surface area contributed by atoms with Crippen molar-refractivity contribution in [3.8, 4) is 0 Å². The predicted molar refractivity (Wildman–Crippen MR) is 55.5 cm³/mol. The highest BCUT2D eigenvalue weighted by Gasteiger charge is 2.06. The maximum Gasteiger partial charge on any atom is 0.280 e. The summed E-state index contributed by atoms with van der Waals surface area (Å²) in [5.41, 5.74) is 6.99. The van der Waals surface area contributed by atoms with E-state index >= 15 is 0 Å². The number of hydrogen-bond donors (Lipinski definition) is 2. The molecule has 0 radical (unpaired) electrons. The third-order valence-electron chi connectivity index (χ3n) is 1.97. The molecule has 0 aliphatic heterocycles. The summed E-state index contributed by atoms with van der Waals surface area (Å²) < 4.78 is 0. The number of H-pyrrole nitrogens is 1. The Hall–Kier alpha value is -2.02. The molecule has 0 saturated heterocycles. The summed E-state index contributed by atoms with van der Waals surface area (Å²) in [7, 11) is 0. The number of nitrogens with two attached hydrogens (primary N) is 1. The van der Waals surface area contributed by atoms with Crippen molar-refractivity contribution >= 4 is 17.1 Å². The van der Waals surface area contributed by atoms with Gasteiger partial charge < -0.3 is 11.2 Å². The van der Waals surface area contributed by atoms with E-state index < -0.39 is 0 Å². The number of anilines is 1. The van der Waals surface area contributed by atoms with Crippen LogP contribution >= 0.6 is 0 Å². The molecule has 15 heavy (non-hydrogen) atoms. The van der Waals surface area contributed by atoms with Gasteiger partial charge in [0.05, 0.1) is 11.4 Å². The van der Waals surface area contributed by atoms with Crippen LogP contribution in [0.4, 0.5) is 5.95 Å². The first-order valence-corrected chi connectivity index (χ1v) is 4.08. The minimum absolute atomic E-state index is 0. The van der Waals surface area contributed by atoms with Gasteiger partial charge in [0.25, 0.3) is 5.56 Å². The molecule has 2 aromatic heterocycles. The van der Waals surface area contributed by atoms with Crippen LogP contribution in [0.3, 0.4) is 0 Å². The lowest BCUT2D eigenvalue weighted by Gasteiger charge is -2.00. The summed E-state index contributed by atoms with van der Waals surface area (Å²) >= 11 is 0. The Bertz CT molecular complexity index is 563. The zero-order chi connectivity index (χ0) is 10.3. The molecule has 0 fully saturated rings. The standard InChI is InChI=1S/C8H9N5O.H2O/c1-3-4(2)11-6-5(10-3)7(14)13-8(9)12-6;/h1-2H3,(H3,9,11,12,13,14);1H2. The first-order chi connectivity index (χ1) is 6.58. The summed E-state index contributed by atoms with van der Waals surface area (Å²) in [6.45, 7) is 3.60. The largest absolute Gasteiger partial charge is 0.412 e. The maximum atomic E-state index is 11.4. The van der Waals surface area contributed by atoms with Gasteiger partial charge in [0.1, 0.15) is 0 Å². The molecule has 80 valence electrons. The van der Waals surface area contributed by atoms with Gasteiger partial charge in [-0.15, -0.1) is 0 Å². The van der Waals surface area contributed by atoms with Crippen LogP contribution < -0.4 is 11.3 Å². The first kappa shape index (κ1) is 11.1. The van der Waals surface area contributed by atoms with Crippen molar-refractivity contribution in [3.63, 3.8) is 0 Å². The van der Waals surface area contributed by atoms with Gasteiger partial charge in [0.15, 0.2) is 11.2 Å². The zero-order valence-corrected chi connectivity index (χ0v) is 8.33. The predicted octanol–water partition coefficient (Wildman–Crippen LogP) is -0.913. The summed E-state index contributed by atoms with van der Waals surface area (Å²) in [5, 5.41) is 0. The van der Waals surface area contributed by atoms with Crippen LogP contribution in [0.5, 0.6) is 0 Å². The van der Waals surface area contributed by atoms with Crippen LogP contribution in [-0.2, 0) is 0 Å². The number of aromatic nitrogens is 4. The Labute approximate surface area is 84.7 Å². The number of aryl methyl sites for hydroxylation is 2. The highest BCUT2D eigenvalue weighted by Crippen LogP contribution is 2.06. The van der Waals surface area contributed by atoms with Crippen molar-refractivity contribution in [3.05, 3.63) is 21.7 Å². The molecule has 0 aliphatic carbocycles. The SMILES string of the molecule is Cc1nc2nc(N)[nH]c(=O)c2nc1C.O. The van der Waals surface area contributed by atoms with Gasteiger partial charge in [0.2, 0.25) is 5.95 Å². The fourth-order valence-electron chi connectivity index (χ4n) is 1.14. The van der Waals surface area contributed by atoms with Gasteiger partial charge in [-0.2, -0.15) is 4.98 Å². The van der Waals surface area contributed by atoms with Crippen LogP contribution in [0.2, 0.25) is 0 Å². The second kappa shape index (κ2) is 3.62. The normalized spacial score (nSPS) is 10.0. The number of aromatic amines is 1. The van der Waals surface area contributed by atoms with E-state index in [0.717, 1.165) is 11.4 Å². The molecule has 7 heteroatoms. The molecule has 0 aliphatic rings. The summed E-state index contributed by atoms with van der Waals surface area (Å²) in [6, 6.07) is 0. The quantitative estimate of drug-likeness (QED) is 0.580. The minimum Gasteiger partial charge on any atom is -0.412 e. The smallest absolute Gasteiger partial charge is 0.280 e. The highest BCUT2D eigenvalue weighted by atomic mass is 16.1. The number of nitrogen functional groups attached to an aromatic ring is 1. The molecule has 0 spiro atoms. The molecule has 0 saturated carbocycles. The molecule has 7 nitrogen and oxygen atoms in total. The molecule has 0 aromatic carbocycles. The second-order valence-electron chi connectivity index (χ2n) is 3.02. The van der Waals surface area contributed by atoms with Crippen molar-refractivity contribution in [1.29, 1.82) is 0 Å². The lowest BCUT2D eigenvalue weighted by molar-refractivity contribution is 0.824. The molecule has 5 N–H and O–H groups in total. The number of hydrogen-bond acceptors (Lipinski definition) is 5. The van der Waals surface area contributed by atoms with E-state index in [4.69, 9.17) is 5.73 Å². The molecule has 2 aromatic rings. The van der Waals surface area contributed by atoms with Crippen LogP contribution in [-0.4, -0.2) is 25.4 Å². The summed E-state index contributed by atoms with van der Waals surface area (Å²) in [6.07, 6.45) is 0. The van der Waals surface area contributed by atoms with Crippen molar-refractivity contribution in [2.45, 2.75) is 13.8 Å². The lowest BCUT2D eigenvalue weighted by Crippen LogP contribution is -2.14. The van der Waals surface area contributed by atoms with E-state index in [-0.39, 0.29) is 28.1 Å². The van der Waals surface area contributed by atoms with Gasteiger partial charge in [-0.3, -0.25) is 9.78 Å². The number of nitrogens with one attached hydrogen (secondary N) is 1. The molecule has 2 rings (SSSR count). The monoisotopic (exact) mass is 209 g/mol. The zero-order valence-electron chi connectivity index (χ0n) is 8.33. The minimum atomic E-state index is -0.358. The van der Waals surface area contributed by atoms with Gasteiger partial charge in [-0.05, 0) is 13.8 Å². The fraction of sp³-hybridized carbons (Fsp3) is 0.250.